The molecule has 0 bridgehead atoms. The molecule has 0 spiro atoms. The fourth-order valence-electron chi connectivity index (χ4n) is 2.32. The largest absolute Gasteiger partial charge is 0.486 e. The van der Waals surface area contributed by atoms with E-state index in [0.717, 1.165) is 11.6 Å². The van der Waals surface area contributed by atoms with E-state index in [1.54, 1.807) is 30.9 Å². The van der Waals surface area contributed by atoms with Crippen LogP contribution in [-0.2, 0) is 12.6 Å². The van der Waals surface area contributed by atoms with Crippen molar-refractivity contribution in [3.63, 3.8) is 0 Å². The van der Waals surface area contributed by atoms with E-state index >= 15 is 0 Å². The van der Waals surface area contributed by atoms with Crippen molar-refractivity contribution in [3.05, 3.63) is 60.2 Å². The highest BCUT2D eigenvalue weighted by molar-refractivity contribution is 5.74. The first kappa shape index (κ1) is 12.1. The van der Waals surface area contributed by atoms with Crippen molar-refractivity contribution in [2.45, 2.75) is 12.6 Å². The molecule has 2 aromatic rings. The summed E-state index contributed by atoms with van der Waals surface area (Å²) in [4.78, 5) is 0. The molecule has 0 unspecified atom stereocenters. The van der Waals surface area contributed by atoms with E-state index in [1.165, 1.54) is 12.1 Å². The third-order valence-corrected chi connectivity index (χ3v) is 3.15. The lowest BCUT2D eigenvalue weighted by Gasteiger charge is -2.14. The van der Waals surface area contributed by atoms with Gasteiger partial charge in [-0.25, -0.2) is 0 Å². The second-order valence-electron chi connectivity index (χ2n) is 4.31. The first-order valence-corrected chi connectivity index (χ1v) is 5.84. The van der Waals surface area contributed by atoms with Crippen molar-refractivity contribution >= 4 is 0 Å². The first-order valence-electron chi connectivity index (χ1n) is 5.84. The van der Waals surface area contributed by atoms with Crippen LogP contribution >= 0.6 is 0 Å². The molecule has 0 atom stereocenters. The van der Waals surface area contributed by atoms with Gasteiger partial charge in [-0.1, -0.05) is 30.3 Å². The van der Waals surface area contributed by atoms with Gasteiger partial charge in [-0.15, -0.1) is 0 Å². The Morgan fingerprint density at radius 2 is 1.63 bits per heavy atom. The fraction of sp³-hybridized carbons (Fsp3) is 0.133. The fourth-order valence-corrected chi connectivity index (χ4v) is 2.32. The van der Waals surface area contributed by atoms with E-state index in [4.69, 9.17) is 4.74 Å². The monoisotopic (exact) mass is 263 g/mol. The van der Waals surface area contributed by atoms with E-state index < -0.39 is 11.7 Å². The molecule has 1 nitrogen and oxygen atoms in total. The van der Waals surface area contributed by atoms with Gasteiger partial charge in [0.1, 0.15) is 12.4 Å². The van der Waals surface area contributed by atoms with Gasteiger partial charge >= 0.3 is 6.18 Å². The van der Waals surface area contributed by atoms with Crippen LogP contribution in [0, 0.1) is 6.61 Å². The predicted molar refractivity (Wildman–Crippen MR) is 65.5 cm³/mol. The summed E-state index contributed by atoms with van der Waals surface area (Å²) in [6.07, 6.45) is -3.83. The first-order chi connectivity index (χ1) is 9.07. The maximum atomic E-state index is 13.0. The molecule has 97 valence electrons. The van der Waals surface area contributed by atoms with Gasteiger partial charge in [0.05, 0.1) is 5.56 Å². The van der Waals surface area contributed by atoms with Crippen LogP contribution < -0.4 is 4.74 Å². The molecule has 1 radical (unpaired) electrons. The Balaban J connectivity index is 2.21. The van der Waals surface area contributed by atoms with Crippen molar-refractivity contribution in [1.29, 1.82) is 0 Å². The second kappa shape index (κ2) is 4.30. The maximum absolute atomic E-state index is 13.0. The second-order valence-corrected chi connectivity index (χ2v) is 4.31. The Morgan fingerprint density at radius 3 is 2.42 bits per heavy atom. The molecule has 3 rings (SSSR count). The van der Waals surface area contributed by atoms with Crippen LogP contribution in [0.3, 0.4) is 0 Å². The lowest BCUT2D eigenvalue weighted by molar-refractivity contribution is -0.137. The minimum atomic E-state index is -4.36. The van der Waals surface area contributed by atoms with Gasteiger partial charge in [0.2, 0.25) is 0 Å². The number of benzene rings is 2. The maximum Gasteiger partial charge on any atom is 0.417 e. The lowest BCUT2D eigenvalue weighted by atomic mass is 9.94. The smallest absolute Gasteiger partial charge is 0.417 e. The zero-order valence-corrected chi connectivity index (χ0v) is 9.87. The molecule has 0 saturated heterocycles. The van der Waals surface area contributed by atoms with Gasteiger partial charge in [-0.3, -0.25) is 0 Å². The van der Waals surface area contributed by atoms with Crippen molar-refractivity contribution in [2.24, 2.45) is 0 Å². The summed E-state index contributed by atoms with van der Waals surface area (Å²) in [7, 11) is 0. The predicted octanol–water partition coefficient (Wildman–Crippen LogP) is 4.47. The molecule has 4 heteroatoms. The van der Waals surface area contributed by atoms with Crippen LogP contribution in [0.25, 0.3) is 11.1 Å². The highest BCUT2D eigenvalue weighted by Gasteiger charge is 2.34. The van der Waals surface area contributed by atoms with Gasteiger partial charge in [-0.2, -0.15) is 13.2 Å². The van der Waals surface area contributed by atoms with E-state index in [0.29, 0.717) is 17.7 Å². The molecule has 1 aliphatic rings. The standard InChI is InChI=1S/C15H10F3O/c16-15(17,18)13-6-2-1-4-11(13)10-5-3-7-14-12(10)8-9-19-14/h1-7,9H,8H2. The van der Waals surface area contributed by atoms with E-state index in [9.17, 15) is 13.2 Å². The molecular weight excluding hydrogens is 253 g/mol. The van der Waals surface area contributed by atoms with Crippen molar-refractivity contribution in [3.8, 4) is 16.9 Å². The molecule has 1 aliphatic heterocycles. The number of rotatable bonds is 1. The molecular formula is C15H10F3O. The minimum Gasteiger partial charge on any atom is -0.486 e. The summed E-state index contributed by atoms with van der Waals surface area (Å²) in [5.41, 5.74) is 0.972. The van der Waals surface area contributed by atoms with Gasteiger partial charge < -0.3 is 4.74 Å². The Kier molecular flexibility index (Phi) is 2.73. The van der Waals surface area contributed by atoms with Gasteiger partial charge in [0, 0.05) is 12.0 Å². The van der Waals surface area contributed by atoms with E-state index in [1.807, 2.05) is 0 Å². The summed E-state index contributed by atoms with van der Waals surface area (Å²) >= 11 is 0. The average molecular weight is 263 g/mol. The summed E-state index contributed by atoms with van der Waals surface area (Å²) in [6.45, 7) is 1.60. The Hall–Kier alpha value is -1.97. The normalized spacial score (nSPS) is 14.1. The number of ether oxygens (including phenoxy) is 1. The van der Waals surface area contributed by atoms with E-state index in [2.05, 4.69) is 0 Å². The SMILES string of the molecule is FC(F)(F)c1ccccc1-c1cccc2c1C[CH]O2. The molecule has 0 N–H and O–H groups in total. The van der Waals surface area contributed by atoms with Crippen LogP contribution in [0.15, 0.2) is 42.5 Å². The van der Waals surface area contributed by atoms with Gasteiger partial charge in [0.15, 0.2) is 0 Å². The van der Waals surface area contributed by atoms with Gasteiger partial charge in [-0.05, 0) is 23.3 Å². The Morgan fingerprint density at radius 1 is 0.895 bits per heavy atom. The van der Waals surface area contributed by atoms with Crippen LogP contribution in [-0.4, -0.2) is 0 Å². The number of alkyl halides is 3. The van der Waals surface area contributed by atoms with Crippen LogP contribution in [0.1, 0.15) is 11.1 Å². The number of halogens is 3. The zero-order chi connectivity index (χ0) is 13.5. The third kappa shape index (κ3) is 2.07. The average Bonchev–Trinajstić information content (AvgIpc) is 2.85. The Bertz CT molecular complexity index is 617. The van der Waals surface area contributed by atoms with E-state index in [-0.39, 0.29) is 5.56 Å². The Labute approximate surface area is 108 Å². The highest BCUT2D eigenvalue weighted by atomic mass is 19.4. The molecule has 0 fully saturated rings. The zero-order valence-electron chi connectivity index (χ0n) is 9.87. The molecule has 0 amide bonds. The topological polar surface area (TPSA) is 9.23 Å². The van der Waals surface area contributed by atoms with Crippen LogP contribution in [0.5, 0.6) is 5.75 Å². The molecule has 0 aromatic heterocycles. The lowest BCUT2D eigenvalue weighted by Crippen LogP contribution is -2.07. The number of hydrogen-bond acceptors (Lipinski definition) is 1. The van der Waals surface area contributed by atoms with Crippen molar-refractivity contribution < 1.29 is 17.9 Å². The number of hydrogen-bond donors (Lipinski definition) is 0. The molecule has 1 heterocycles. The highest BCUT2D eigenvalue weighted by Crippen LogP contribution is 2.41. The summed E-state index contributed by atoms with van der Waals surface area (Å²) in [6, 6.07) is 10.8. The molecule has 0 aliphatic carbocycles. The van der Waals surface area contributed by atoms with Crippen LogP contribution in [0.4, 0.5) is 13.2 Å². The summed E-state index contributed by atoms with van der Waals surface area (Å²) < 4.78 is 44.4. The molecule has 0 saturated carbocycles. The molecule has 2 aromatic carbocycles. The summed E-state index contributed by atoms with van der Waals surface area (Å²) in [5.74, 6) is 0.634. The van der Waals surface area contributed by atoms with Crippen LogP contribution in [0.2, 0.25) is 0 Å². The third-order valence-electron chi connectivity index (χ3n) is 3.15. The van der Waals surface area contributed by atoms with Crippen molar-refractivity contribution in [2.75, 3.05) is 0 Å². The number of fused-ring (bicyclic) bond motifs is 1. The minimum absolute atomic E-state index is 0.200. The van der Waals surface area contributed by atoms with Crippen molar-refractivity contribution in [1.82, 2.24) is 0 Å². The summed E-state index contributed by atoms with van der Waals surface area (Å²) in [5, 5.41) is 0. The quantitative estimate of drug-likeness (QED) is 0.737. The molecule has 19 heavy (non-hydrogen) atoms. The van der Waals surface area contributed by atoms with Gasteiger partial charge in [0.25, 0.3) is 0 Å².